The molecule has 0 atom stereocenters. The number of benzene rings is 1. The largest absolute Gasteiger partial charge is 0.356 e. The van der Waals surface area contributed by atoms with E-state index in [1.54, 1.807) is 6.20 Å². The molecular formula is C11H15NO. The van der Waals surface area contributed by atoms with Crippen molar-refractivity contribution >= 4 is 11.0 Å². The lowest BCUT2D eigenvalue weighted by molar-refractivity contribution is 0.455. The van der Waals surface area contributed by atoms with E-state index < -0.39 is 0 Å². The Labute approximate surface area is 78.5 Å². The fraction of sp³-hybridized carbons (Fsp3) is 0.364. The highest BCUT2D eigenvalue weighted by Gasteiger charge is 2.01. The van der Waals surface area contributed by atoms with Gasteiger partial charge in [-0.25, -0.2) is 0 Å². The number of fused-ring (bicyclic) bond motifs is 1. The van der Waals surface area contributed by atoms with Gasteiger partial charge in [-0.15, -0.1) is 0 Å². The summed E-state index contributed by atoms with van der Waals surface area (Å²) in [5, 5.41) is 4.81. The second-order valence-electron chi connectivity index (χ2n) is 2.83. The summed E-state index contributed by atoms with van der Waals surface area (Å²) < 4.78 is 5.05. The van der Waals surface area contributed by atoms with E-state index in [4.69, 9.17) is 4.52 Å². The zero-order valence-corrected chi connectivity index (χ0v) is 8.59. The molecule has 1 aromatic heterocycles. The van der Waals surface area contributed by atoms with E-state index >= 15 is 0 Å². The molecule has 2 rings (SSSR count). The molecule has 2 heteroatoms. The molecule has 2 aromatic rings. The van der Waals surface area contributed by atoms with Gasteiger partial charge in [-0.05, 0) is 31.0 Å². The lowest BCUT2D eigenvalue weighted by Crippen LogP contribution is -1.76. The molecule has 0 amide bonds. The van der Waals surface area contributed by atoms with Gasteiger partial charge in [0.2, 0.25) is 0 Å². The SMILES string of the molecule is CC.Cc1cc(C)c2oncc2c1. The van der Waals surface area contributed by atoms with E-state index in [1.165, 1.54) is 5.56 Å². The van der Waals surface area contributed by atoms with Crippen molar-refractivity contribution in [1.82, 2.24) is 5.16 Å². The maximum atomic E-state index is 5.05. The van der Waals surface area contributed by atoms with Crippen LogP contribution in [0.5, 0.6) is 0 Å². The molecule has 13 heavy (non-hydrogen) atoms. The van der Waals surface area contributed by atoms with Gasteiger partial charge in [0.15, 0.2) is 5.58 Å². The Hall–Kier alpha value is -1.31. The van der Waals surface area contributed by atoms with Crippen LogP contribution in [-0.2, 0) is 0 Å². The van der Waals surface area contributed by atoms with Crippen LogP contribution in [0, 0.1) is 13.8 Å². The number of nitrogens with zero attached hydrogens (tertiary/aromatic N) is 1. The average Bonchev–Trinajstić information content (AvgIpc) is 2.55. The van der Waals surface area contributed by atoms with Gasteiger partial charge in [0, 0.05) is 5.39 Å². The molecule has 0 unspecified atom stereocenters. The summed E-state index contributed by atoms with van der Waals surface area (Å²) in [6.07, 6.45) is 1.75. The summed E-state index contributed by atoms with van der Waals surface area (Å²) in [7, 11) is 0. The molecule has 0 aliphatic heterocycles. The highest BCUT2D eigenvalue weighted by Crippen LogP contribution is 2.19. The van der Waals surface area contributed by atoms with Gasteiger partial charge in [0.25, 0.3) is 0 Å². The van der Waals surface area contributed by atoms with E-state index in [9.17, 15) is 0 Å². The Morgan fingerprint density at radius 3 is 2.54 bits per heavy atom. The van der Waals surface area contributed by atoms with Gasteiger partial charge < -0.3 is 4.52 Å². The van der Waals surface area contributed by atoms with Crippen molar-refractivity contribution in [3.05, 3.63) is 29.5 Å². The summed E-state index contributed by atoms with van der Waals surface area (Å²) in [6.45, 7) is 8.10. The summed E-state index contributed by atoms with van der Waals surface area (Å²) >= 11 is 0. The van der Waals surface area contributed by atoms with Gasteiger partial charge in [-0.2, -0.15) is 0 Å². The minimum atomic E-state index is 0.899. The summed E-state index contributed by atoms with van der Waals surface area (Å²) in [5.41, 5.74) is 3.30. The van der Waals surface area contributed by atoms with Gasteiger partial charge in [0.05, 0.1) is 6.20 Å². The standard InChI is InChI=1S/C9H9NO.C2H6/c1-6-3-7(2)9-8(4-6)5-10-11-9;1-2/h3-5H,1-2H3;1-2H3. The number of rotatable bonds is 0. The average molecular weight is 177 g/mol. The fourth-order valence-corrected chi connectivity index (χ4v) is 1.34. The molecule has 1 heterocycles. The molecule has 0 saturated carbocycles. The molecule has 0 aliphatic carbocycles. The fourth-order valence-electron chi connectivity index (χ4n) is 1.34. The molecule has 0 spiro atoms. The Kier molecular flexibility index (Phi) is 3.07. The third-order valence-corrected chi connectivity index (χ3v) is 1.78. The molecule has 0 aliphatic rings. The third-order valence-electron chi connectivity index (χ3n) is 1.78. The number of hydrogen-bond donors (Lipinski definition) is 0. The van der Waals surface area contributed by atoms with Crippen LogP contribution in [0.25, 0.3) is 11.0 Å². The van der Waals surface area contributed by atoms with Crippen LogP contribution in [0.4, 0.5) is 0 Å². The Balaban J connectivity index is 0.000000396. The third kappa shape index (κ3) is 1.89. The van der Waals surface area contributed by atoms with E-state index in [0.717, 1.165) is 16.5 Å². The molecule has 0 saturated heterocycles. The number of aromatic nitrogens is 1. The van der Waals surface area contributed by atoms with Crippen LogP contribution < -0.4 is 0 Å². The number of aryl methyl sites for hydroxylation is 2. The second-order valence-corrected chi connectivity index (χ2v) is 2.83. The van der Waals surface area contributed by atoms with Gasteiger partial charge in [-0.3, -0.25) is 0 Å². The zero-order chi connectivity index (χ0) is 9.84. The van der Waals surface area contributed by atoms with Crippen LogP contribution in [0.15, 0.2) is 22.9 Å². The quantitative estimate of drug-likeness (QED) is 0.615. The monoisotopic (exact) mass is 177 g/mol. The molecule has 70 valence electrons. The van der Waals surface area contributed by atoms with Crippen molar-refractivity contribution in [2.75, 3.05) is 0 Å². The summed E-state index contributed by atoms with van der Waals surface area (Å²) in [4.78, 5) is 0. The highest BCUT2D eigenvalue weighted by atomic mass is 16.5. The number of hydrogen-bond acceptors (Lipinski definition) is 2. The van der Waals surface area contributed by atoms with Crippen LogP contribution in [0.3, 0.4) is 0 Å². The first-order valence-electron chi connectivity index (χ1n) is 4.59. The first-order chi connectivity index (χ1) is 6.27. The van der Waals surface area contributed by atoms with Crippen molar-refractivity contribution < 1.29 is 4.52 Å². The predicted molar refractivity (Wildman–Crippen MR) is 54.8 cm³/mol. The molecule has 0 bridgehead atoms. The molecule has 1 aromatic carbocycles. The predicted octanol–water partition coefficient (Wildman–Crippen LogP) is 3.47. The zero-order valence-electron chi connectivity index (χ0n) is 8.59. The maximum absolute atomic E-state index is 5.05. The normalized spacial score (nSPS) is 9.54. The van der Waals surface area contributed by atoms with Crippen molar-refractivity contribution in [2.24, 2.45) is 0 Å². The van der Waals surface area contributed by atoms with Crippen LogP contribution in [0.2, 0.25) is 0 Å². The summed E-state index contributed by atoms with van der Waals surface area (Å²) in [5.74, 6) is 0. The Morgan fingerprint density at radius 1 is 1.15 bits per heavy atom. The maximum Gasteiger partial charge on any atom is 0.169 e. The smallest absolute Gasteiger partial charge is 0.169 e. The van der Waals surface area contributed by atoms with E-state index in [1.807, 2.05) is 20.8 Å². The van der Waals surface area contributed by atoms with Crippen molar-refractivity contribution in [3.63, 3.8) is 0 Å². The molecule has 0 fully saturated rings. The topological polar surface area (TPSA) is 26.0 Å². The van der Waals surface area contributed by atoms with Crippen LogP contribution in [-0.4, -0.2) is 5.16 Å². The molecule has 0 radical (unpaired) electrons. The van der Waals surface area contributed by atoms with Crippen molar-refractivity contribution in [3.8, 4) is 0 Å². The minimum Gasteiger partial charge on any atom is -0.356 e. The van der Waals surface area contributed by atoms with E-state index in [-0.39, 0.29) is 0 Å². The van der Waals surface area contributed by atoms with Crippen molar-refractivity contribution in [2.45, 2.75) is 27.7 Å². The first kappa shape index (κ1) is 9.78. The lowest BCUT2D eigenvalue weighted by Gasteiger charge is -1.94. The first-order valence-corrected chi connectivity index (χ1v) is 4.59. The van der Waals surface area contributed by atoms with Gasteiger partial charge >= 0.3 is 0 Å². The highest BCUT2D eigenvalue weighted by molar-refractivity contribution is 5.79. The summed E-state index contributed by atoms with van der Waals surface area (Å²) in [6, 6.07) is 4.16. The molecule has 2 nitrogen and oxygen atoms in total. The van der Waals surface area contributed by atoms with Crippen LogP contribution in [0.1, 0.15) is 25.0 Å². The van der Waals surface area contributed by atoms with Gasteiger partial charge in [-0.1, -0.05) is 25.1 Å². The Morgan fingerprint density at radius 2 is 1.85 bits per heavy atom. The van der Waals surface area contributed by atoms with Crippen LogP contribution >= 0.6 is 0 Å². The van der Waals surface area contributed by atoms with E-state index in [2.05, 4.69) is 24.2 Å². The van der Waals surface area contributed by atoms with Crippen molar-refractivity contribution in [1.29, 1.82) is 0 Å². The molecular weight excluding hydrogens is 162 g/mol. The molecule has 0 N–H and O–H groups in total. The second kappa shape index (κ2) is 4.08. The lowest BCUT2D eigenvalue weighted by atomic mass is 10.1. The van der Waals surface area contributed by atoms with Gasteiger partial charge in [0.1, 0.15) is 0 Å². The Bertz CT molecular complexity index is 390. The minimum absolute atomic E-state index is 0.899. The van der Waals surface area contributed by atoms with E-state index in [0.29, 0.717) is 0 Å².